The lowest BCUT2D eigenvalue weighted by Crippen LogP contribution is -2.41. The second-order valence-electron chi connectivity index (χ2n) is 9.43. The number of para-hydroxylation sites is 1. The third kappa shape index (κ3) is 2.80. The van der Waals surface area contributed by atoms with Gasteiger partial charge in [-0.05, 0) is 51.4 Å². The smallest absolute Gasteiger partial charge is 0.399 e. The summed E-state index contributed by atoms with van der Waals surface area (Å²) in [5, 5.41) is 1.06. The Kier molecular flexibility index (Phi) is 4.04. The predicted molar refractivity (Wildman–Crippen MR) is 129 cm³/mol. The average molecular weight is 421 g/mol. The van der Waals surface area contributed by atoms with Crippen LogP contribution in [-0.2, 0) is 9.31 Å². The summed E-state index contributed by atoms with van der Waals surface area (Å²) in [4.78, 5) is 9.97. The number of imidazole rings is 1. The van der Waals surface area contributed by atoms with Crippen LogP contribution in [0.4, 0.5) is 0 Å². The van der Waals surface area contributed by atoms with E-state index in [-0.39, 0.29) is 18.3 Å². The normalized spacial score (nSPS) is 17.6. The lowest BCUT2D eigenvalue weighted by atomic mass is 9.78. The summed E-state index contributed by atoms with van der Waals surface area (Å²) in [7, 11) is -0.380. The Bertz CT molecular complexity index is 1470. The average Bonchev–Trinajstić information content (AvgIpc) is 3.27. The maximum Gasteiger partial charge on any atom is 0.494 e. The largest absolute Gasteiger partial charge is 0.494 e. The highest BCUT2D eigenvalue weighted by Gasteiger charge is 2.51. The van der Waals surface area contributed by atoms with E-state index in [0.717, 1.165) is 44.3 Å². The zero-order chi connectivity index (χ0) is 22.1. The van der Waals surface area contributed by atoms with Gasteiger partial charge >= 0.3 is 7.12 Å². The molecule has 5 aromatic rings. The molecule has 6 heteroatoms. The highest BCUT2D eigenvalue weighted by molar-refractivity contribution is 6.62. The lowest BCUT2D eigenvalue weighted by Gasteiger charge is -2.32. The molecule has 1 saturated heterocycles. The van der Waals surface area contributed by atoms with Crippen LogP contribution < -0.4 is 5.46 Å². The monoisotopic (exact) mass is 421 g/mol. The molecule has 1 fully saturated rings. The van der Waals surface area contributed by atoms with Gasteiger partial charge in [0.15, 0.2) is 0 Å². The highest BCUT2D eigenvalue weighted by Crippen LogP contribution is 2.37. The molecule has 32 heavy (non-hydrogen) atoms. The second kappa shape index (κ2) is 6.64. The van der Waals surface area contributed by atoms with Crippen molar-refractivity contribution >= 4 is 40.2 Å². The number of benzene rings is 2. The van der Waals surface area contributed by atoms with E-state index in [1.165, 1.54) is 0 Å². The van der Waals surface area contributed by atoms with Crippen molar-refractivity contribution in [3.63, 3.8) is 0 Å². The van der Waals surface area contributed by atoms with Crippen LogP contribution in [0.1, 0.15) is 27.7 Å². The molecule has 0 radical (unpaired) electrons. The van der Waals surface area contributed by atoms with E-state index in [1.54, 1.807) is 0 Å². The van der Waals surface area contributed by atoms with Gasteiger partial charge in [-0.1, -0.05) is 48.5 Å². The van der Waals surface area contributed by atoms with Gasteiger partial charge in [-0.3, -0.25) is 4.40 Å². The summed E-state index contributed by atoms with van der Waals surface area (Å²) in [5.74, 6) is 0. The molecule has 1 aliphatic heterocycles. The van der Waals surface area contributed by atoms with Crippen molar-refractivity contribution in [2.75, 3.05) is 0 Å². The standard InChI is InChI=1S/C26H24BN3O2/c1-25(2)26(3,4)32-27(31-25)18-14-12-17(13-15-18)22-24-23(19-9-5-6-10-20(19)28-22)29-21-11-7-8-16-30(21)24/h5-16H,1-4H3. The van der Waals surface area contributed by atoms with E-state index in [1.807, 2.05) is 42.6 Å². The van der Waals surface area contributed by atoms with Gasteiger partial charge in [0.05, 0.1) is 27.9 Å². The van der Waals surface area contributed by atoms with Crippen molar-refractivity contribution in [1.29, 1.82) is 0 Å². The van der Waals surface area contributed by atoms with Crippen molar-refractivity contribution in [3.05, 3.63) is 72.9 Å². The number of aromatic nitrogens is 3. The van der Waals surface area contributed by atoms with E-state index in [9.17, 15) is 0 Å². The van der Waals surface area contributed by atoms with Crippen molar-refractivity contribution < 1.29 is 9.31 Å². The molecule has 158 valence electrons. The molecule has 0 saturated carbocycles. The Labute approximate surface area is 187 Å². The van der Waals surface area contributed by atoms with E-state index in [0.29, 0.717) is 0 Å². The molecule has 6 rings (SSSR count). The number of hydrogen-bond acceptors (Lipinski definition) is 4. The van der Waals surface area contributed by atoms with Gasteiger partial charge in [-0.2, -0.15) is 0 Å². The van der Waals surface area contributed by atoms with Gasteiger partial charge < -0.3 is 9.31 Å². The van der Waals surface area contributed by atoms with E-state index in [2.05, 4.69) is 62.4 Å². The van der Waals surface area contributed by atoms with Gasteiger partial charge in [0.1, 0.15) is 11.2 Å². The molecular formula is C26H24BN3O2. The van der Waals surface area contributed by atoms with E-state index >= 15 is 0 Å². The van der Waals surface area contributed by atoms with Crippen LogP contribution in [0.2, 0.25) is 0 Å². The maximum absolute atomic E-state index is 6.22. The third-order valence-electron chi connectivity index (χ3n) is 6.86. The van der Waals surface area contributed by atoms with Crippen molar-refractivity contribution in [1.82, 2.24) is 14.4 Å². The Balaban J connectivity index is 1.51. The topological polar surface area (TPSA) is 48.7 Å². The molecule has 2 aromatic carbocycles. The van der Waals surface area contributed by atoms with Crippen LogP contribution in [0.15, 0.2) is 72.9 Å². The lowest BCUT2D eigenvalue weighted by molar-refractivity contribution is 0.00578. The molecule has 0 N–H and O–H groups in total. The minimum atomic E-state index is -0.380. The van der Waals surface area contributed by atoms with Crippen LogP contribution >= 0.6 is 0 Å². The first-order chi connectivity index (χ1) is 15.3. The molecule has 4 heterocycles. The first-order valence-corrected chi connectivity index (χ1v) is 11.0. The SMILES string of the molecule is CC1(C)OB(c2ccc(-c3nc4ccccc4c4nc5ccccn5c34)cc2)OC1(C)C. The van der Waals surface area contributed by atoms with E-state index < -0.39 is 0 Å². The number of hydrogen-bond donors (Lipinski definition) is 0. The molecule has 0 atom stereocenters. The van der Waals surface area contributed by atoms with Crippen LogP contribution in [0, 0.1) is 0 Å². The minimum Gasteiger partial charge on any atom is -0.399 e. The number of rotatable bonds is 2. The van der Waals surface area contributed by atoms with E-state index in [4.69, 9.17) is 19.3 Å². The minimum absolute atomic E-state index is 0.362. The molecular weight excluding hydrogens is 397 g/mol. The van der Waals surface area contributed by atoms with Gasteiger partial charge in [0.25, 0.3) is 0 Å². The number of fused-ring (bicyclic) bond motifs is 5. The first-order valence-electron chi connectivity index (χ1n) is 11.0. The van der Waals surface area contributed by atoms with Crippen molar-refractivity contribution in [2.45, 2.75) is 38.9 Å². The van der Waals surface area contributed by atoms with Gasteiger partial charge in [-0.15, -0.1) is 0 Å². The summed E-state index contributed by atoms with van der Waals surface area (Å²) in [5.41, 5.74) is 6.06. The van der Waals surface area contributed by atoms with Crippen LogP contribution in [0.3, 0.4) is 0 Å². The molecule has 3 aromatic heterocycles. The summed E-state index contributed by atoms with van der Waals surface area (Å²) in [6, 6.07) is 22.6. The predicted octanol–water partition coefficient (Wildman–Crippen LogP) is 5.00. The van der Waals surface area contributed by atoms with Gasteiger partial charge in [0.2, 0.25) is 0 Å². The summed E-state index contributed by atoms with van der Waals surface area (Å²) < 4.78 is 14.6. The van der Waals surface area contributed by atoms with Crippen LogP contribution in [0.25, 0.3) is 38.8 Å². The Morgan fingerprint density at radius 2 is 1.47 bits per heavy atom. The molecule has 0 unspecified atom stereocenters. The number of nitrogens with zero attached hydrogens (tertiary/aromatic N) is 3. The van der Waals surface area contributed by atoms with Crippen LogP contribution in [-0.4, -0.2) is 32.7 Å². The van der Waals surface area contributed by atoms with Crippen molar-refractivity contribution in [3.8, 4) is 11.3 Å². The van der Waals surface area contributed by atoms with Crippen molar-refractivity contribution in [2.24, 2.45) is 0 Å². The zero-order valence-corrected chi connectivity index (χ0v) is 18.7. The maximum atomic E-state index is 6.22. The summed E-state index contributed by atoms with van der Waals surface area (Å²) >= 11 is 0. The van der Waals surface area contributed by atoms with Gasteiger partial charge in [-0.25, -0.2) is 9.97 Å². The first kappa shape index (κ1) is 19.5. The molecule has 0 bridgehead atoms. The van der Waals surface area contributed by atoms with Crippen LogP contribution in [0.5, 0.6) is 0 Å². The fourth-order valence-corrected chi connectivity index (χ4v) is 4.33. The highest BCUT2D eigenvalue weighted by atomic mass is 16.7. The zero-order valence-electron chi connectivity index (χ0n) is 18.7. The van der Waals surface area contributed by atoms with Gasteiger partial charge in [0, 0.05) is 17.1 Å². The molecule has 0 amide bonds. The molecule has 5 nitrogen and oxygen atoms in total. The molecule has 0 aliphatic carbocycles. The third-order valence-corrected chi connectivity index (χ3v) is 6.86. The fraction of sp³-hybridized carbons (Fsp3) is 0.231. The second-order valence-corrected chi connectivity index (χ2v) is 9.43. The summed E-state index contributed by atoms with van der Waals surface area (Å²) in [6.07, 6.45) is 2.05. The number of pyridine rings is 2. The molecule has 0 spiro atoms. The Morgan fingerprint density at radius 3 is 2.22 bits per heavy atom. The quantitative estimate of drug-likeness (QED) is 0.377. The fourth-order valence-electron chi connectivity index (χ4n) is 4.33. The Hall–Kier alpha value is -3.22. The Morgan fingerprint density at radius 1 is 0.781 bits per heavy atom. The summed E-state index contributed by atoms with van der Waals surface area (Å²) in [6.45, 7) is 8.29. The molecule has 1 aliphatic rings.